The molecule has 0 heterocycles. The summed E-state index contributed by atoms with van der Waals surface area (Å²) in [5.74, 6) is 0.772. The van der Waals surface area contributed by atoms with E-state index in [9.17, 15) is 0 Å². The molecular weight excluding hydrogens is 224 g/mol. The summed E-state index contributed by atoms with van der Waals surface area (Å²) in [5, 5.41) is 0. The Hall–Kier alpha value is 0.177. The van der Waals surface area contributed by atoms with Crippen molar-refractivity contribution in [2.75, 3.05) is 6.61 Å². The van der Waals surface area contributed by atoms with E-state index in [-0.39, 0.29) is 0 Å². The lowest BCUT2D eigenvalue weighted by Gasteiger charge is -2.23. The Morgan fingerprint density at radius 3 is 2.12 bits per heavy atom. The van der Waals surface area contributed by atoms with Crippen LogP contribution in [0.2, 0.25) is 19.1 Å². The Labute approximate surface area is 110 Å². The van der Waals surface area contributed by atoms with Crippen LogP contribution in [0, 0.1) is 5.92 Å². The summed E-state index contributed by atoms with van der Waals surface area (Å²) in [6, 6.07) is 1.34. The van der Waals surface area contributed by atoms with Crippen molar-refractivity contribution in [2.45, 2.75) is 84.9 Å². The zero-order valence-corrected chi connectivity index (χ0v) is 13.8. The fourth-order valence-electron chi connectivity index (χ4n) is 1.97. The number of unbranched alkanes of at least 4 members (excludes halogenated alkanes) is 5. The van der Waals surface area contributed by atoms with Gasteiger partial charge in [0.15, 0.2) is 8.32 Å². The molecule has 0 aromatic carbocycles. The molecule has 0 rings (SSSR count). The minimum atomic E-state index is -1.34. The molecule has 0 aliphatic rings. The Balaban J connectivity index is 3.43. The molecule has 0 saturated carbocycles. The highest BCUT2D eigenvalue weighted by molar-refractivity contribution is 6.71. The molecule has 2 heteroatoms. The lowest BCUT2D eigenvalue weighted by atomic mass is 10.1. The second kappa shape index (κ2) is 10.1. The highest BCUT2D eigenvalue weighted by atomic mass is 28.4. The minimum Gasteiger partial charge on any atom is -0.417 e. The first-order valence-corrected chi connectivity index (χ1v) is 10.7. The first-order valence-electron chi connectivity index (χ1n) is 7.62. The third-order valence-electron chi connectivity index (χ3n) is 3.32. The molecule has 0 aromatic rings. The Morgan fingerprint density at radius 2 is 1.53 bits per heavy atom. The van der Waals surface area contributed by atoms with Gasteiger partial charge in [0.1, 0.15) is 0 Å². The van der Waals surface area contributed by atoms with Crippen molar-refractivity contribution in [3.8, 4) is 0 Å². The molecule has 0 radical (unpaired) electrons. The van der Waals surface area contributed by atoms with Crippen molar-refractivity contribution in [1.82, 2.24) is 0 Å². The van der Waals surface area contributed by atoms with Crippen molar-refractivity contribution in [3.05, 3.63) is 0 Å². The summed E-state index contributed by atoms with van der Waals surface area (Å²) < 4.78 is 6.11. The van der Waals surface area contributed by atoms with Crippen LogP contribution < -0.4 is 0 Å². The summed E-state index contributed by atoms with van der Waals surface area (Å²) in [5.41, 5.74) is 0. The number of hydrogen-bond acceptors (Lipinski definition) is 1. The molecule has 0 aliphatic carbocycles. The largest absolute Gasteiger partial charge is 0.417 e. The molecule has 0 spiro atoms. The molecular formula is C15H34OSi. The summed E-state index contributed by atoms with van der Waals surface area (Å²) in [6.07, 6.45) is 9.60. The van der Waals surface area contributed by atoms with E-state index in [0.717, 1.165) is 12.5 Å². The van der Waals surface area contributed by atoms with Gasteiger partial charge in [0.05, 0.1) is 0 Å². The zero-order chi connectivity index (χ0) is 13.1. The third kappa shape index (κ3) is 12.4. The number of hydrogen-bond donors (Lipinski definition) is 0. The second-order valence-corrected chi connectivity index (χ2v) is 10.6. The first kappa shape index (κ1) is 17.2. The highest BCUT2D eigenvalue weighted by Crippen LogP contribution is 2.18. The lowest BCUT2D eigenvalue weighted by Crippen LogP contribution is -2.30. The average Bonchev–Trinajstić information content (AvgIpc) is 2.22. The molecule has 17 heavy (non-hydrogen) atoms. The smallest absolute Gasteiger partial charge is 0.186 e. The predicted octanol–water partition coefficient (Wildman–Crippen LogP) is 5.61. The van der Waals surface area contributed by atoms with Gasteiger partial charge in [0.2, 0.25) is 0 Å². The predicted molar refractivity (Wildman–Crippen MR) is 81.1 cm³/mol. The van der Waals surface area contributed by atoms with E-state index >= 15 is 0 Å². The van der Waals surface area contributed by atoms with Crippen LogP contribution in [0.15, 0.2) is 0 Å². The Bertz CT molecular complexity index is 166. The topological polar surface area (TPSA) is 9.23 Å². The van der Waals surface area contributed by atoms with Crippen molar-refractivity contribution < 1.29 is 4.43 Å². The van der Waals surface area contributed by atoms with Crippen LogP contribution in [0.4, 0.5) is 0 Å². The zero-order valence-electron chi connectivity index (χ0n) is 12.8. The van der Waals surface area contributed by atoms with Crippen LogP contribution in [-0.4, -0.2) is 14.9 Å². The Morgan fingerprint density at radius 1 is 0.941 bits per heavy atom. The van der Waals surface area contributed by atoms with Gasteiger partial charge in [-0.3, -0.25) is 0 Å². The van der Waals surface area contributed by atoms with Crippen molar-refractivity contribution in [2.24, 2.45) is 5.92 Å². The van der Waals surface area contributed by atoms with Crippen LogP contribution >= 0.6 is 0 Å². The quantitative estimate of drug-likeness (QED) is 0.345. The summed E-state index contributed by atoms with van der Waals surface area (Å²) >= 11 is 0. The molecule has 0 bridgehead atoms. The van der Waals surface area contributed by atoms with Gasteiger partial charge in [0, 0.05) is 6.61 Å². The standard InChI is InChI=1S/C15H34OSi/c1-6-7-8-9-10-11-14-17(4,5)16-13-12-15(2)3/h15H,6-14H2,1-5H3. The van der Waals surface area contributed by atoms with Crippen LogP contribution in [0.1, 0.15) is 65.7 Å². The highest BCUT2D eigenvalue weighted by Gasteiger charge is 2.21. The molecule has 0 amide bonds. The molecule has 0 fully saturated rings. The second-order valence-electron chi connectivity index (χ2n) is 6.31. The van der Waals surface area contributed by atoms with E-state index in [0.29, 0.717) is 0 Å². The third-order valence-corrected chi connectivity index (χ3v) is 5.86. The number of rotatable bonds is 11. The van der Waals surface area contributed by atoms with Crippen LogP contribution in [-0.2, 0) is 4.43 Å². The van der Waals surface area contributed by atoms with Gasteiger partial charge in [-0.1, -0.05) is 59.3 Å². The fourth-order valence-corrected chi connectivity index (χ4v) is 3.89. The molecule has 0 atom stereocenters. The molecule has 0 saturated heterocycles. The monoisotopic (exact) mass is 258 g/mol. The molecule has 0 unspecified atom stereocenters. The lowest BCUT2D eigenvalue weighted by molar-refractivity contribution is 0.278. The first-order chi connectivity index (χ1) is 7.98. The van der Waals surface area contributed by atoms with Crippen molar-refractivity contribution in [1.29, 1.82) is 0 Å². The summed E-state index contributed by atoms with van der Waals surface area (Å²) in [6.45, 7) is 12.5. The summed E-state index contributed by atoms with van der Waals surface area (Å²) in [7, 11) is -1.34. The van der Waals surface area contributed by atoms with Gasteiger partial charge in [-0.05, 0) is 31.5 Å². The normalized spacial score (nSPS) is 12.4. The molecule has 0 aromatic heterocycles. The molecule has 1 nitrogen and oxygen atoms in total. The fraction of sp³-hybridized carbons (Fsp3) is 1.00. The molecule has 0 N–H and O–H groups in total. The minimum absolute atomic E-state index is 0.772. The van der Waals surface area contributed by atoms with E-state index in [1.165, 1.54) is 51.0 Å². The molecule has 104 valence electrons. The van der Waals surface area contributed by atoms with E-state index in [2.05, 4.69) is 33.9 Å². The maximum Gasteiger partial charge on any atom is 0.186 e. The van der Waals surface area contributed by atoms with Crippen molar-refractivity contribution >= 4 is 8.32 Å². The molecule has 0 aliphatic heterocycles. The van der Waals surface area contributed by atoms with Crippen molar-refractivity contribution in [3.63, 3.8) is 0 Å². The average molecular weight is 259 g/mol. The van der Waals surface area contributed by atoms with Gasteiger partial charge in [-0.25, -0.2) is 0 Å². The maximum atomic E-state index is 6.11. The van der Waals surface area contributed by atoms with Crippen LogP contribution in [0.5, 0.6) is 0 Å². The van der Waals surface area contributed by atoms with Crippen LogP contribution in [0.25, 0.3) is 0 Å². The summed E-state index contributed by atoms with van der Waals surface area (Å²) in [4.78, 5) is 0. The van der Waals surface area contributed by atoms with Crippen LogP contribution in [0.3, 0.4) is 0 Å². The van der Waals surface area contributed by atoms with Gasteiger partial charge in [0.25, 0.3) is 0 Å². The van der Waals surface area contributed by atoms with Gasteiger partial charge in [-0.2, -0.15) is 0 Å². The van der Waals surface area contributed by atoms with E-state index < -0.39 is 8.32 Å². The van der Waals surface area contributed by atoms with Gasteiger partial charge < -0.3 is 4.43 Å². The maximum absolute atomic E-state index is 6.11. The van der Waals surface area contributed by atoms with E-state index in [1.807, 2.05) is 0 Å². The van der Waals surface area contributed by atoms with E-state index in [4.69, 9.17) is 4.43 Å². The SMILES string of the molecule is CCCCCCCC[Si](C)(C)OCCC(C)C. The van der Waals surface area contributed by atoms with E-state index in [1.54, 1.807) is 0 Å². The van der Waals surface area contributed by atoms with Gasteiger partial charge in [-0.15, -0.1) is 0 Å². The van der Waals surface area contributed by atoms with Gasteiger partial charge >= 0.3 is 0 Å². The Kier molecular flexibility index (Phi) is 10.2.